The Morgan fingerprint density at radius 2 is 2.00 bits per heavy atom. The Hall–Kier alpha value is -0.0800. The number of hydrogen-bond acceptors (Lipinski definition) is 2. The van der Waals surface area contributed by atoms with Crippen LogP contribution in [0.4, 0.5) is 0 Å². The fourth-order valence-electron chi connectivity index (χ4n) is 2.73. The van der Waals surface area contributed by atoms with Crippen molar-refractivity contribution in [1.29, 1.82) is 0 Å². The minimum Gasteiger partial charge on any atom is -0.396 e. The summed E-state index contributed by atoms with van der Waals surface area (Å²) in [5.41, 5.74) is 5.91. The summed E-state index contributed by atoms with van der Waals surface area (Å²) in [6.07, 6.45) is 3.90. The number of fused-ring (bicyclic) bond motifs is 2. The Balaban J connectivity index is 2.10. The van der Waals surface area contributed by atoms with Crippen molar-refractivity contribution in [2.75, 3.05) is 6.61 Å². The van der Waals surface area contributed by atoms with Crippen LogP contribution < -0.4 is 5.73 Å². The van der Waals surface area contributed by atoms with Gasteiger partial charge < -0.3 is 10.8 Å². The van der Waals surface area contributed by atoms with E-state index in [2.05, 4.69) is 0 Å². The molecule has 2 heteroatoms. The number of nitrogens with two attached hydrogens (primary N) is 1. The summed E-state index contributed by atoms with van der Waals surface area (Å²) >= 11 is 0. The molecule has 2 bridgehead atoms. The normalized spacial score (nSPS) is 52.2. The van der Waals surface area contributed by atoms with Gasteiger partial charge in [0, 0.05) is 18.6 Å². The first kappa shape index (κ1) is 6.62. The monoisotopic (exact) mass is 141 g/mol. The first-order valence-corrected chi connectivity index (χ1v) is 4.19. The molecule has 0 heterocycles. The zero-order chi connectivity index (χ0) is 7.14. The topological polar surface area (TPSA) is 46.2 Å². The molecule has 0 unspecified atom stereocenters. The van der Waals surface area contributed by atoms with Crippen molar-refractivity contribution in [3.05, 3.63) is 0 Å². The lowest BCUT2D eigenvalue weighted by molar-refractivity contribution is 0.159. The molecule has 0 aromatic rings. The maximum absolute atomic E-state index is 8.98. The Morgan fingerprint density at radius 1 is 1.30 bits per heavy atom. The fourth-order valence-corrected chi connectivity index (χ4v) is 2.73. The van der Waals surface area contributed by atoms with E-state index in [9.17, 15) is 0 Å². The second-order valence-corrected chi connectivity index (χ2v) is 3.76. The van der Waals surface area contributed by atoms with E-state index in [0.29, 0.717) is 18.6 Å². The highest BCUT2D eigenvalue weighted by Gasteiger charge is 2.44. The lowest BCUT2D eigenvalue weighted by Crippen LogP contribution is -2.37. The maximum atomic E-state index is 8.98. The van der Waals surface area contributed by atoms with Gasteiger partial charge in [0.15, 0.2) is 0 Å². The standard InChI is InChI=1S/C8H15NO/c9-8-6-2-1-5(3-6)7(8)4-10/h5-8,10H,1-4,9H2/t5-,6+,7+,8-/m1/s1. The molecule has 0 radical (unpaired) electrons. The van der Waals surface area contributed by atoms with Crippen LogP contribution in [-0.4, -0.2) is 17.8 Å². The van der Waals surface area contributed by atoms with Crippen molar-refractivity contribution in [3.8, 4) is 0 Å². The lowest BCUT2D eigenvalue weighted by Gasteiger charge is -2.25. The van der Waals surface area contributed by atoms with Crippen LogP contribution in [0.25, 0.3) is 0 Å². The van der Waals surface area contributed by atoms with Gasteiger partial charge in [-0.05, 0) is 31.1 Å². The summed E-state index contributed by atoms with van der Waals surface area (Å²) in [6.45, 7) is 0.308. The van der Waals surface area contributed by atoms with Crippen molar-refractivity contribution in [2.45, 2.75) is 25.3 Å². The average molecular weight is 141 g/mol. The molecule has 2 rings (SSSR count). The van der Waals surface area contributed by atoms with Gasteiger partial charge in [-0.1, -0.05) is 0 Å². The molecule has 2 fully saturated rings. The largest absolute Gasteiger partial charge is 0.396 e. The van der Waals surface area contributed by atoms with Gasteiger partial charge in [0.1, 0.15) is 0 Å². The Labute approximate surface area is 61.4 Å². The molecule has 0 aromatic carbocycles. The molecule has 0 aliphatic heterocycles. The number of aliphatic hydroxyl groups excluding tert-OH is 1. The third-order valence-electron chi connectivity index (χ3n) is 3.37. The van der Waals surface area contributed by atoms with Crippen molar-refractivity contribution >= 4 is 0 Å². The summed E-state index contributed by atoms with van der Waals surface area (Å²) in [6, 6.07) is 0.309. The average Bonchev–Trinajstić information content (AvgIpc) is 2.46. The van der Waals surface area contributed by atoms with Crippen molar-refractivity contribution < 1.29 is 5.11 Å². The van der Waals surface area contributed by atoms with E-state index >= 15 is 0 Å². The zero-order valence-electron chi connectivity index (χ0n) is 6.16. The highest BCUT2D eigenvalue weighted by atomic mass is 16.3. The lowest BCUT2D eigenvalue weighted by atomic mass is 9.86. The molecule has 2 saturated carbocycles. The number of aliphatic hydroxyl groups is 1. The first-order chi connectivity index (χ1) is 4.83. The smallest absolute Gasteiger partial charge is 0.0476 e. The van der Waals surface area contributed by atoms with E-state index in [1.165, 1.54) is 19.3 Å². The van der Waals surface area contributed by atoms with Crippen molar-refractivity contribution in [1.82, 2.24) is 0 Å². The summed E-state index contributed by atoms with van der Waals surface area (Å²) in [5.74, 6) is 1.92. The minimum atomic E-state index is 0.308. The summed E-state index contributed by atoms with van der Waals surface area (Å²) in [4.78, 5) is 0. The van der Waals surface area contributed by atoms with Crippen LogP contribution in [0.15, 0.2) is 0 Å². The summed E-state index contributed by atoms with van der Waals surface area (Å²) in [7, 11) is 0. The van der Waals surface area contributed by atoms with Crippen LogP contribution >= 0.6 is 0 Å². The van der Waals surface area contributed by atoms with E-state index < -0.39 is 0 Å². The van der Waals surface area contributed by atoms with Gasteiger partial charge in [0.25, 0.3) is 0 Å². The maximum Gasteiger partial charge on any atom is 0.0476 e. The third-order valence-corrected chi connectivity index (χ3v) is 3.37. The molecular weight excluding hydrogens is 126 g/mol. The molecule has 2 nitrogen and oxygen atoms in total. The van der Waals surface area contributed by atoms with E-state index in [4.69, 9.17) is 10.8 Å². The molecule has 3 N–H and O–H groups in total. The van der Waals surface area contributed by atoms with Crippen LogP contribution in [0.1, 0.15) is 19.3 Å². The molecule has 0 aromatic heterocycles. The van der Waals surface area contributed by atoms with Gasteiger partial charge in [0.05, 0.1) is 0 Å². The molecule has 0 saturated heterocycles. The highest BCUT2D eigenvalue weighted by Crippen LogP contribution is 2.47. The van der Waals surface area contributed by atoms with Crippen LogP contribution in [-0.2, 0) is 0 Å². The van der Waals surface area contributed by atoms with Gasteiger partial charge in [-0.2, -0.15) is 0 Å². The molecule has 4 atom stereocenters. The predicted octanol–water partition coefficient (Wildman–Crippen LogP) is 0.352. The van der Waals surface area contributed by atoms with Gasteiger partial charge in [-0.25, -0.2) is 0 Å². The van der Waals surface area contributed by atoms with Gasteiger partial charge >= 0.3 is 0 Å². The highest BCUT2D eigenvalue weighted by molar-refractivity contribution is 4.98. The van der Waals surface area contributed by atoms with Crippen molar-refractivity contribution in [2.24, 2.45) is 23.5 Å². The van der Waals surface area contributed by atoms with Gasteiger partial charge in [0.2, 0.25) is 0 Å². The summed E-state index contributed by atoms with van der Waals surface area (Å²) in [5, 5.41) is 8.98. The van der Waals surface area contributed by atoms with Crippen LogP contribution in [0.3, 0.4) is 0 Å². The molecule has 58 valence electrons. The molecule has 10 heavy (non-hydrogen) atoms. The minimum absolute atomic E-state index is 0.308. The second-order valence-electron chi connectivity index (χ2n) is 3.76. The molecule has 0 spiro atoms. The van der Waals surface area contributed by atoms with E-state index in [0.717, 1.165) is 11.8 Å². The molecular formula is C8H15NO. The quantitative estimate of drug-likeness (QED) is 0.553. The van der Waals surface area contributed by atoms with Gasteiger partial charge in [-0.15, -0.1) is 0 Å². The Morgan fingerprint density at radius 3 is 2.40 bits per heavy atom. The zero-order valence-corrected chi connectivity index (χ0v) is 6.16. The van der Waals surface area contributed by atoms with E-state index in [1.54, 1.807) is 0 Å². The predicted molar refractivity (Wildman–Crippen MR) is 39.4 cm³/mol. The van der Waals surface area contributed by atoms with Gasteiger partial charge in [-0.3, -0.25) is 0 Å². The number of rotatable bonds is 1. The fraction of sp³-hybridized carbons (Fsp3) is 1.00. The molecule has 0 amide bonds. The molecule has 2 aliphatic carbocycles. The third kappa shape index (κ3) is 0.722. The SMILES string of the molecule is N[C@@H]1[C@H]2CC[C@H](C2)[C@@H]1CO. The van der Waals surface area contributed by atoms with Crippen LogP contribution in [0.2, 0.25) is 0 Å². The Kier molecular flexibility index (Phi) is 1.46. The van der Waals surface area contributed by atoms with E-state index in [-0.39, 0.29) is 0 Å². The van der Waals surface area contributed by atoms with Crippen LogP contribution in [0, 0.1) is 17.8 Å². The Bertz CT molecular complexity index is 135. The first-order valence-electron chi connectivity index (χ1n) is 4.19. The van der Waals surface area contributed by atoms with Crippen LogP contribution in [0.5, 0.6) is 0 Å². The van der Waals surface area contributed by atoms with E-state index in [1.807, 2.05) is 0 Å². The molecule has 2 aliphatic rings. The summed E-state index contributed by atoms with van der Waals surface area (Å²) < 4.78 is 0. The second kappa shape index (κ2) is 2.21. The number of hydrogen-bond donors (Lipinski definition) is 2. The van der Waals surface area contributed by atoms with Crippen molar-refractivity contribution in [3.63, 3.8) is 0 Å².